The van der Waals surface area contributed by atoms with E-state index >= 15 is 0 Å². The highest BCUT2D eigenvalue weighted by Crippen LogP contribution is 2.20. The molecule has 1 atom stereocenters. The molecule has 2 aromatic rings. The molecule has 0 aliphatic heterocycles. The summed E-state index contributed by atoms with van der Waals surface area (Å²) in [5.74, 6) is 0.0596. The Labute approximate surface area is 112 Å². The fourth-order valence-corrected chi connectivity index (χ4v) is 2.11. The van der Waals surface area contributed by atoms with E-state index in [1.165, 1.54) is 6.07 Å². The maximum Gasteiger partial charge on any atom is 0.123 e. The van der Waals surface area contributed by atoms with Gasteiger partial charge in [0.25, 0.3) is 0 Å². The molecule has 0 heterocycles. The Kier molecular flexibility index (Phi) is 4.53. The predicted molar refractivity (Wildman–Crippen MR) is 74.4 cm³/mol. The van der Waals surface area contributed by atoms with Crippen molar-refractivity contribution in [2.75, 3.05) is 0 Å². The van der Waals surface area contributed by atoms with Crippen molar-refractivity contribution in [3.8, 4) is 5.75 Å². The van der Waals surface area contributed by atoms with E-state index in [0.717, 1.165) is 17.5 Å². The van der Waals surface area contributed by atoms with Crippen molar-refractivity contribution in [2.45, 2.75) is 25.9 Å². The van der Waals surface area contributed by atoms with E-state index in [0.29, 0.717) is 6.54 Å². The largest absolute Gasteiger partial charge is 0.508 e. The monoisotopic (exact) mass is 259 g/mol. The summed E-state index contributed by atoms with van der Waals surface area (Å²) in [5.41, 5.74) is 1.77. The molecular weight excluding hydrogens is 241 g/mol. The van der Waals surface area contributed by atoms with Gasteiger partial charge in [-0.1, -0.05) is 37.3 Å². The minimum atomic E-state index is -0.222. The first-order chi connectivity index (χ1) is 9.20. The third-order valence-corrected chi connectivity index (χ3v) is 3.19. The van der Waals surface area contributed by atoms with Crippen LogP contribution in [0.3, 0.4) is 0 Å². The fourth-order valence-electron chi connectivity index (χ4n) is 2.11. The van der Waals surface area contributed by atoms with E-state index < -0.39 is 0 Å². The smallest absolute Gasteiger partial charge is 0.123 e. The highest BCUT2D eigenvalue weighted by atomic mass is 19.1. The molecule has 0 amide bonds. The van der Waals surface area contributed by atoms with Gasteiger partial charge in [0, 0.05) is 18.2 Å². The van der Waals surface area contributed by atoms with Crippen molar-refractivity contribution in [3.63, 3.8) is 0 Å². The molecule has 0 radical (unpaired) electrons. The van der Waals surface area contributed by atoms with Crippen molar-refractivity contribution in [3.05, 3.63) is 65.5 Å². The highest BCUT2D eigenvalue weighted by Gasteiger charge is 2.10. The second kappa shape index (κ2) is 6.34. The number of aromatic hydroxyl groups is 1. The van der Waals surface area contributed by atoms with Crippen LogP contribution in [0.15, 0.2) is 48.5 Å². The standard InChI is InChI=1S/C16H18FNO/c1-2-15(12-7-5-8-14(17)10-12)18-11-13-6-3-4-9-16(13)19/h3-10,15,18-19H,2,11H2,1H3. The molecule has 0 aliphatic carbocycles. The molecule has 2 nitrogen and oxygen atoms in total. The minimum Gasteiger partial charge on any atom is -0.508 e. The van der Waals surface area contributed by atoms with Crippen molar-refractivity contribution >= 4 is 0 Å². The number of halogens is 1. The van der Waals surface area contributed by atoms with Crippen LogP contribution in [0, 0.1) is 5.82 Å². The third kappa shape index (κ3) is 3.55. The Morgan fingerprint density at radius 1 is 1.16 bits per heavy atom. The Morgan fingerprint density at radius 2 is 1.95 bits per heavy atom. The number of hydrogen-bond donors (Lipinski definition) is 2. The van der Waals surface area contributed by atoms with E-state index in [1.54, 1.807) is 24.3 Å². The van der Waals surface area contributed by atoms with Gasteiger partial charge in [0.2, 0.25) is 0 Å². The topological polar surface area (TPSA) is 32.3 Å². The molecule has 3 heteroatoms. The van der Waals surface area contributed by atoms with Gasteiger partial charge in [-0.3, -0.25) is 0 Å². The van der Waals surface area contributed by atoms with Crippen LogP contribution >= 0.6 is 0 Å². The first kappa shape index (κ1) is 13.6. The molecule has 0 aromatic heterocycles. The van der Waals surface area contributed by atoms with Crippen molar-refractivity contribution < 1.29 is 9.50 Å². The normalized spacial score (nSPS) is 12.3. The maximum absolute atomic E-state index is 13.2. The van der Waals surface area contributed by atoms with E-state index in [4.69, 9.17) is 0 Å². The molecular formula is C16H18FNO. The quantitative estimate of drug-likeness (QED) is 0.856. The molecule has 19 heavy (non-hydrogen) atoms. The summed E-state index contributed by atoms with van der Waals surface area (Å²) in [5, 5.41) is 13.1. The average molecular weight is 259 g/mol. The van der Waals surface area contributed by atoms with Gasteiger partial charge in [-0.15, -0.1) is 0 Å². The lowest BCUT2D eigenvalue weighted by atomic mass is 10.0. The molecule has 0 fully saturated rings. The Hall–Kier alpha value is -1.87. The summed E-state index contributed by atoms with van der Waals surface area (Å²) in [6.45, 7) is 2.61. The molecule has 2 aromatic carbocycles. The number of phenolic OH excluding ortho intramolecular Hbond substituents is 1. The molecule has 0 spiro atoms. The van der Waals surface area contributed by atoms with E-state index in [2.05, 4.69) is 5.32 Å². The summed E-state index contributed by atoms with van der Waals surface area (Å²) in [7, 11) is 0. The summed E-state index contributed by atoms with van der Waals surface area (Å²) in [6, 6.07) is 13.9. The molecule has 2 N–H and O–H groups in total. The number of benzene rings is 2. The summed E-state index contributed by atoms with van der Waals surface area (Å²) in [4.78, 5) is 0. The molecule has 0 aliphatic rings. The third-order valence-electron chi connectivity index (χ3n) is 3.19. The summed E-state index contributed by atoms with van der Waals surface area (Å²) in [6.07, 6.45) is 0.858. The Bertz CT molecular complexity index is 542. The zero-order valence-electron chi connectivity index (χ0n) is 10.9. The SMILES string of the molecule is CCC(NCc1ccccc1O)c1cccc(F)c1. The van der Waals surface area contributed by atoms with Crippen LogP contribution in [0.1, 0.15) is 30.5 Å². The minimum absolute atomic E-state index is 0.0790. The van der Waals surface area contributed by atoms with E-state index in [-0.39, 0.29) is 17.6 Å². The zero-order valence-corrected chi connectivity index (χ0v) is 10.9. The van der Waals surface area contributed by atoms with Crippen molar-refractivity contribution in [2.24, 2.45) is 0 Å². The molecule has 0 saturated carbocycles. The van der Waals surface area contributed by atoms with E-state index in [9.17, 15) is 9.50 Å². The summed E-state index contributed by atoms with van der Waals surface area (Å²) >= 11 is 0. The lowest BCUT2D eigenvalue weighted by molar-refractivity contribution is 0.454. The zero-order chi connectivity index (χ0) is 13.7. The predicted octanol–water partition coefficient (Wildman–Crippen LogP) is 3.77. The van der Waals surface area contributed by atoms with Crippen LogP contribution in [-0.4, -0.2) is 5.11 Å². The first-order valence-electron chi connectivity index (χ1n) is 6.46. The van der Waals surface area contributed by atoms with Crippen LogP contribution < -0.4 is 5.32 Å². The molecule has 100 valence electrons. The second-order valence-electron chi connectivity index (χ2n) is 4.53. The van der Waals surface area contributed by atoms with Crippen LogP contribution in [-0.2, 0) is 6.54 Å². The average Bonchev–Trinajstić information content (AvgIpc) is 2.41. The van der Waals surface area contributed by atoms with Gasteiger partial charge in [0.15, 0.2) is 0 Å². The van der Waals surface area contributed by atoms with Crippen LogP contribution in [0.2, 0.25) is 0 Å². The van der Waals surface area contributed by atoms with E-state index in [1.807, 2.05) is 25.1 Å². The lowest BCUT2D eigenvalue weighted by Crippen LogP contribution is -2.20. The van der Waals surface area contributed by atoms with Gasteiger partial charge in [-0.25, -0.2) is 4.39 Å². The first-order valence-corrected chi connectivity index (χ1v) is 6.46. The van der Waals surface area contributed by atoms with Gasteiger partial charge < -0.3 is 10.4 Å². The van der Waals surface area contributed by atoms with Gasteiger partial charge in [-0.05, 0) is 30.2 Å². The number of para-hydroxylation sites is 1. The molecule has 2 rings (SSSR count). The lowest BCUT2D eigenvalue weighted by Gasteiger charge is -2.18. The summed E-state index contributed by atoms with van der Waals surface area (Å²) < 4.78 is 13.2. The van der Waals surface area contributed by atoms with Crippen LogP contribution in [0.5, 0.6) is 5.75 Å². The Balaban J connectivity index is 2.06. The molecule has 0 bridgehead atoms. The number of nitrogens with one attached hydrogen (secondary N) is 1. The van der Waals surface area contributed by atoms with Gasteiger partial charge in [0.1, 0.15) is 11.6 Å². The van der Waals surface area contributed by atoms with Crippen molar-refractivity contribution in [1.29, 1.82) is 0 Å². The van der Waals surface area contributed by atoms with Crippen LogP contribution in [0.4, 0.5) is 4.39 Å². The van der Waals surface area contributed by atoms with Gasteiger partial charge in [-0.2, -0.15) is 0 Å². The van der Waals surface area contributed by atoms with Gasteiger partial charge in [0.05, 0.1) is 0 Å². The Morgan fingerprint density at radius 3 is 2.63 bits per heavy atom. The molecule has 0 saturated heterocycles. The maximum atomic E-state index is 13.2. The number of rotatable bonds is 5. The number of phenols is 1. The number of hydrogen-bond acceptors (Lipinski definition) is 2. The second-order valence-corrected chi connectivity index (χ2v) is 4.53. The fraction of sp³-hybridized carbons (Fsp3) is 0.250. The van der Waals surface area contributed by atoms with Gasteiger partial charge >= 0.3 is 0 Å². The van der Waals surface area contributed by atoms with Crippen LogP contribution in [0.25, 0.3) is 0 Å². The van der Waals surface area contributed by atoms with Crippen molar-refractivity contribution in [1.82, 2.24) is 5.32 Å². The highest BCUT2D eigenvalue weighted by molar-refractivity contribution is 5.31. The molecule has 1 unspecified atom stereocenters.